The van der Waals surface area contributed by atoms with Crippen molar-refractivity contribution in [1.82, 2.24) is 15.5 Å². The highest BCUT2D eigenvalue weighted by molar-refractivity contribution is 7.91. The molecule has 2 saturated heterocycles. The van der Waals surface area contributed by atoms with Crippen LogP contribution < -0.4 is 5.32 Å². The van der Waals surface area contributed by atoms with E-state index in [-0.39, 0.29) is 23.5 Å². The molecule has 1 aromatic heterocycles. The Labute approximate surface area is 99.7 Å². The molecule has 1 N–H and O–H groups in total. The molecule has 6 nitrogen and oxygen atoms in total. The van der Waals surface area contributed by atoms with Gasteiger partial charge in [-0.2, -0.15) is 4.98 Å². The normalized spacial score (nSPS) is 32.0. The molecule has 0 bridgehead atoms. The van der Waals surface area contributed by atoms with Crippen LogP contribution in [0.25, 0.3) is 0 Å². The summed E-state index contributed by atoms with van der Waals surface area (Å²) in [5, 5.41) is 7.20. The molecular formula is C10H15N3O3S. The van der Waals surface area contributed by atoms with Crippen LogP contribution in [0, 0.1) is 0 Å². The fourth-order valence-electron chi connectivity index (χ4n) is 2.45. The van der Waals surface area contributed by atoms with Gasteiger partial charge in [0.1, 0.15) is 0 Å². The van der Waals surface area contributed by atoms with Crippen molar-refractivity contribution in [3.8, 4) is 0 Å². The first-order valence-corrected chi connectivity index (χ1v) is 7.73. The van der Waals surface area contributed by atoms with Gasteiger partial charge in [-0.05, 0) is 25.8 Å². The molecule has 0 saturated carbocycles. The summed E-state index contributed by atoms with van der Waals surface area (Å²) >= 11 is 0. The van der Waals surface area contributed by atoms with Gasteiger partial charge in [-0.15, -0.1) is 0 Å². The molecule has 17 heavy (non-hydrogen) atoms. The van der Waals surface area contributed by atoms with Crippen molar-refractivity contribution in [1.29, 1.82) is 0 Å². The number of hydrogen-bond acceptors (Lipinski definition) is 6. The van der Waals surface area contributed by atoms with Gasteiger partial charge in [0, 0.05) is 5.92 Å². The average molecular weight is 257 g/mol. The maximum absolute atomic E-state index is 11.4. The van der Waals surface area contributed by atoms with Gasteiger partial charge < -0.3 is 9.84 Å². The molecule has 0 spiro atoms. The number of sulfone groups is 1. The topological polar surface area (TPSA) is 85.1 Å². The third-order valence-electron chi connectivity index (χ3n) is 3.41. The highest BCUT2D eigenvalue weighted by atomic mass is 32.2. The van der Waals surface area contributed by atoms with Crippen molar-refractivity contribution in [2.45, 2.75) is 31.2 Å². The summed E-state index contributed by atoms with van der Waals surface area (Å²) in [6.45, 7) is 0.972. The summed E-state index contributed by atoms with van der Waals surface area (Å²) in [6.07, 6.45) is 2.73. The van der Waals surface area contributed by atoms with Gasteiger partial charge in [-0.1, -0.05) is 5.16 Å². The molecule has 2 atom stereocenters. The van der Waals surface area contributed by atoms with Crippen LogP contribution >= 0.6 is 0 Å². The molecule has 3 heterocycles. The lowest BCUT2D eigenvalue weighted by Crippen LogP contribution is -2.13. The van der Waals surface area contributed by atoms with Crippen molar-refractivity contribution < 1.29 is 12.9 Å². The summed E-state index contributed by atoms with van der Waals surface area (Å²) < 4.78 is 28.0. The van der Waals surface area contributed by atoms with Gasteiger partial charge in [0.05, 0.1) is 17.5 Å². The van der Waals surface area contributed by atoms with Gasteiger partial charge >= 0.3 is 0 Å². The van der Waals surface area contributed by atoms with Crippen LogP contribution in [0.5, 0.6) is 0 Å². The van der Waals surface area contributed by atoms with Crippen LogP contribution in [-0.4, -0.2) is 36.6 Å². The Balaban J connectivity index is 1.76. The lowest BCUT2D eigenvalue weighted by atomic mass is 10.1. The lowest BCUT2D eigenvalue weighted by molar-refractivity contribution is 0.339. The third kappa shape index (κ3) is 2.21. The average Bonchev–Trinajstić information content (AvgIpc) is 2.93. The van der Waals surface area contributed by atoms with E-state index in [1.807, 2.05) is 0 Å². The zero-order valence-electron chi connectivity index (χ0n) is 9.42. The number of aromatic nitrogens is 2. The Kier molecular flexibility index (Phi) is 2.67. The molecule has 2 aliphatic rings. The summed E-state index contributed by atoms with van der Waals surface area (Å²) in [6, 6.07) is 0.147. The zero-order chi connectivity index (χ0) is 11.9. The van der Waals surface area contributed by atoms with E-state index in [2.05, 4.69) is 15.5 Å². The molecule has 0 aromatic carbocycles. The molecule has 0 radical (unpaired) electrons. The molecule has 7 heteroatoms. The Morgan fingerprint density at radius 2 is 2.24 bits per heavy atom. The molecule has 2 aliphatic heterocycles. The first-order valence-electron chi connectivity index (χ1n) is 5.91. The highest BCUT2D eigenvalue weighted by Crippen LogP contribution is 2.28. The number of nitrogens with one attached hydrogen (secondary N) is 1. The minimum Gasteiger partial charge on any atom is -0.338 e. The van der Waals surface area contributed by atoms with Crippen molar-refractivity contribution >= 4 is 9.84 Å². The van der Waals surface area contributed by atoms with Gasteiger partial charge in [0.2, 0.25) is 5.89 Å². The predicted octanol–water partition coefficient (Wildman–Crippen LogP) is 0.396. The maximum Gasteiger partial charge on any atom is 0.243 e. The lowest BCUT2D eigenvalue weighted by Gasteiger charge is -2.02. The smallest absolute Gasteiger partial charge is 0.243 e. The minimum absolute atomic E-state index is 0.0843. The van der Waals surface area contributed by atoms with Crippen LogP contribution in [0.1, 0.15) is 42.9 Å². The summed E-state index contributed by atoms with van der Waals surface area (Å²) in [4.78, 5) is 4.34. The van der Waals surface area contributed by atoms with E-state index in [1.54, 1.807) is 0 Å². The number of rotatable bonds is 2. The molecule has 0 amide bonds. The van der Waals surface area contributed by atoms with Crippen molar-refractivity contribution in [3.63, 3.8) is 0 Å². The second kappa shape index (κ2) is 4.06. The van der Waals surface area contributed by atoms with Crippen LogP contribution in [-0.2, 0) is 9.84 Å². The molecule has 1 aromatic rings. The van der Waals surface area contributed by atoms with E-state index in [9.17, 15) is 8.42 Å². The fourth-order valence-corrected chi connectivity index (χ4v) is 4.19. The largest absolute Gasteiger partial charge is 0.338 e. The van der Waals surface area contributed by atoms with Crippen molar-refractivity contribution in [3.05, 3.63) is 11.7 Å². The van der Waals surface area contributed by atoms with E-state index in [0.29, 0.717) is 18.1 Å². The first-order chi connectivity index (χ1) is 8.14. The molecule has 2 fully saturated rings. The summed E-state index contributed by atoms with van der Waals surface area (Å²) in [7, 11) is -2.89. The summed E-state index contributed by atoms with van der Waals surface area (Å²) in [5.74, 6) is 1.46. The summed E-state index contributed by atoms with van der Waals surface area (Å²) in [5.41, 5.74) is 0. The standard InChI is InChI=1S/C10H15N3O3S/c14-17(15)5-3-7(6-17)9-12-10(16-13-9)8-2-1-4-11-8/h7-8,11H,1-6H2. The van der Waals surface area contributed by atoms with Crippen LogP contribution in [0.15, 0.2) is 4.52 Å². The van der Waals surface area contributed by atoms with E-state index in [0.717, 1.165) is 19.4 Å². The fraction of sp³-hybridized carbons (Fsp3) is 0.800. The van der Waals surface area contributed by atoms with Crippen LogP contribution in [0.3, 0.4) is 0 Å². The molecule has 3 rings (SSSR count). The molecular weight excluding hydrogens is 242 g/mol. The number of hydrogen-bond donors (Lipinski definition) is 1. The first kappa shape index (κ1) is 11.2. The minimum atomic E-state index is -2.89. The Hall–Kier alpha value is -0.950. The molecule has 94 valence electrons. The van der Waals surface area contributed by atoms with Gasteiger partial charge in [-0.25, -0.2) is 8.42 Å². The number of nitrogens with zero attached hydrogens (tertiary/aromatic N) is 2. The van der Waals surface area contributed by atoms with E-state index in [1.165, 1.54) is 0 Å². The van der Waals surface area contributed by atoms with Crippen molar-refractivity contribution in [2.75, 3.05) is 18.1 Å². The predicted molar refractivity (Wildman–Crippen MR) is 60.3 cm³/mol. The third-order valence-corrected chi connectivity index (χ3v) is 5.18. The van der Waals surface area contributed by atoms with E-state index >= 15 is 0 Å². The Morgan fingerprint density at radius 1 is 1.35 bits per heavy atom. The molecule has 0 aliphatic carbocycles. The Morgan fingerprint density at radius 3 is 2.88 bits per heavy atom. The van der Waals surface area contributed by atoms with E-state index < -0.39 is 9.84 Å². The molecule has 2 unspecified atom stereocenters. The van der Waals surface area contributed by atoms with Gasteiger partial charge in [-0.3, -0.25) is 0 Å². The second-order valence-electron chi connectivity index (χ2n) is 4.74. The second-order valence-corrected chi connectivity index (χ2v) is 6.97. The van der Waals surface area contributed by atoms with Crippen LogP contribution in [0.2, 0.25) is 0 Å². The van der Waals surface area contributed by atoms with Gasteiger partial charge in [0.15, 0.2) is 15.7 Å². The quantitative estimate of drug-likeness (QED) is 0.825. The van der Waals surface area contributed by atoms with Crippen molar-refractivity contribution in [2.24, 2.45) is 0 Å². The van der Waals surface area contributed by atoms with Crippen LogP contribution in [0.4, 0.5) is 0 Å². The zero-order valence-corrected chi connectivity index (χ0v) is 10.2. The highest BCUT2D eigenvalue weighted by Gasteiger charge is 2.33. The maximum atomic E-state index is 11.4. The van der Waals surface area contributed by atoms with E-state index in [4.69, 9.17) is 4.52 Å². The monoisotopic (exact) mass is 257 g/mol. The van der Waals surface area contributed by atoms with Gasteiger partial charge in [0.25, 0.3) is 0 Å². The SMILES string of the molecule is O=S1(=O)CCC(c2noc(C3CCCN3)n2)C1. The Bertz CT molecular complexity index is 505.